The lowest BCUT2D eigenvalue weighted by Gasteiger charge is -2.11. The zero-order valence-electron chi connectivity index (χ0n) is 11.4. The number of aryl methyl sites for hydroxylation is 1. The van der Waals surface area contributed by atoms with Crippen LogP contribution in [0.2, 0.25) is 0 Å². The normalized spacial score (nSPS) is 10.4. The Morgan fingerprint density at radius 2 is 2.05 bits per heavy atom. The Bertz CT molecular complexity index is 602. The van der Waals surface area contributed by atoms with Gasteiger partial charge in [0.15, 0.2) is 11.6 Å². The molecule has 0 saturated heterocycles. The Hall–Kier alpha value is -2.24. The molecule has 0 amide bonds. The number of halogens is 2. The molecule has 4 nitrogen and oxygen atoms in total. The van der Waals surface area contributed by atoms with Crippen LogP contribution in [0.1, 0.15) is 18.9 Å². The van der Waals surface area contributed by atoms with Crippen molar-refractivity contribution >= 4 is 17.5 Å². The van der Waals surface area contributed by atoms with E-state index in [4.69, 9.17) is 0 Å². The summed E-state index contributed by atoms with van der Waals surface area (Å²) in [6, 6.07) is 4.27. The van der Waals surface area contributed by atoms with Crippen molar-refractivity contribution in [3.05, 3.63) is 41.6 Å². The first-order valence-corrected chi connectivity index (χ1v) is 6.39. The van der Waals surface area contributed by atoms with Gasteiger partial charge in [-0.05, 0) is 31.0 Å². The van der Waals surface area contributed by atoms with Gasteiger partial charge in [-0.3, -0.25) is 0 Å². The molecule has 0 saturated carbocycles. The minimum absolute atomic E-state index is 0.0207. The van der Waals surface area contributed by atoms with E-state index < -0.39 is 11.6 Å². The SMILES string of the molecule is CCCNc1ncc(F)c(Nc2cc(F)ccc2C)n1. The van der Waals surface area contributed by atoms with Crippen LogP contribution in [0.25, 0.3) is 0 Å². The standard InChI is InChI=1S/C14H16F2N4/c1-3-6-17-14-18-8-11(16)13(20-14)19-12-7-10(15)5-4-9(12)2/h4-5,7-8H,3,6H2,1-2H3,(H2,17,18,19,20). The molecule has 0 fully saturated rings. The highest BCUT2D eigenvalue weighted by Crippen LogP contribution is 2.22. The van der Waals surface area contributed by atoms with Gasteiger partial charge in [-0.2, -0.15) is 4.98 Å². The maximum atomic E-state index is 13.7. The topological polar surface area (TPSA) is 49.8 Å². The number of anilines is 3. The van der Waals surface area contributed by atoms with Crippen molar-refractivity contribution in [1.82, 2.24) is 9.97 Å². The van der Waals surface area contributed by atoms with E-state index >= 15 is 0 Å². The van der Waals surface area contributed by atoms with Crippen molar-refractivity contribution in [1.29, 1.82) is 0 Å². The molecule has 20 heavy (non-hydrogen) atoms. The van der Waals surface area contributed by atoms with E-state index in [-0.39, 0.29) is 5.82 Å². The van der Waals surface area contributed by atoms with Crippen LogP contribution >= 0.6 is 0 Å². The summed E-state index contributed by atoms with van der Waals surface area (Å²) in [6.45, 7) is 4.51. The van der Waals surface area contributed by atoms with Crippen LogP contribution in [-0.4, -0.2) is 16.5 Å². The van der Waals surface area contributed by atoms with E-state index in [1.807, 2.05) is 6.92 Å². The smallest absolute Gasteiger partial charge is 0.224 e. The van der Waals surface area contributed by atoms with E-state index in [1.54, 1.807) is 13.0 Å². The molecule has 6 heteroatoms. The first-order valence-electron chi connectivity index (χ1n) is 6.39. The summed E-state index contributed by atoms with van der Waals surface area (Å²) in [5.74, 6) is -0.621. The van der Waals surface area contributed by atoms with Crippen molar-refractivity contribution in [2.75, 3.05) is 17.2 Å². The number of rotatable bonds is 5. The average Bonchev–Trinajstić information content (AvgIpc) is 2.43. The van der Waals surface area contributed by atoms with E-state index in [0.29, 0.717) is 18.2 Å². The van der Waals surface area contributed by atoms with E-state index in [1.165, 1.54) is 12.1 Å². The Labute approximate surface area is 116 Å². The molecule has 1 aromatic carbocycles. The summed E-state index contributed by atoms with van der Waals surface area (Å²) in [6.07, 6.45) is 1.99. The van der Waals surface area contributed by atoms with Gasteiger partial charge in [-0.25, -0.2) is 13.8 Å². The molecule has 2 aromatic rings. The predicted octanol–water partition coefficient (Wildman–Crippen LogP) is 3.63. The molecular formula is C14H16F2N4. The monoisotopic (exact) mass is 278 g/mol. The molecule has 0 aliphatic heterocycles. The fraction of sp³-hybridized carbons (Fsp3) is 0.286. The fourth-order valence-corrected chi connectivity index (χ4v) is 1.63. The zero-order chi connectivity index (χ0) is 14.5. The molecule has 0 aliphatic rings. The number of hydrogen-bond acceptors (Lipinski definition) is 4. The minimum Gasteiger partial charge on any atom is -0.354 e. The van der Waals surface area contributed by atoms with Crippen LogP contribution in [0.3, 0.4) is 0 Å². The summed E-state index contributed by atoms with van der Waals surface area (Å²) >= 11 is 0. The largest absolute Gasteiger partial charge is 0.354 e. The molecule has 2 rings (SSSR count). The molecule has 1 heterocycles. The van der Waals surface area contributed by atoms with Crippen LogP contribution in [0.4, 0.5) is 26.2 Å². The Kier molecular flexibility index (Phi) is 4.45. The summed E-state index contributed by atoms with van der Waals surface area (Å²) in [5, 5.41) is 5.76. The van der Waals surface area contributed by atoms with Crippen LogP contribution in [0, 0.1) is 18.6 Å². The van der Waals surface area contributed by atoms with E-state index in [9.17, 15) is 8.78 Å². The summed E-state index contributed by atoms with van der Waals surface area (Å²) in [7, 11) is 0. The van der Waals surface area contributed by atoms with Gasteiger partial charge in [0.2, 0.25) is 5.95 Å². The Balaban J connectivity index is 2.25. The molecule has 0 radical (unpaired) electrons. The summed E-state index contributed by atoms with van der Waals surface area (Å²) in [5.41, 5.74) is 1.27. The van der Waals surface area contributed by atoms with Crippen molar-refractivity contribution < 1.29 is 8.78 Å². The predicted molar refractivity (Wildman–Crippen MR) is 75.2 cm³/mol. The molecule has 0 bridgehead atoms. The first-order chi connectivity index (χ1) is 9.60. The summed E-state index contributed by atoms with van der Waals surface area (Å²) in [4.78, 5) is 7.89. The Morgan fingerprint density at radius 1 is 1.25 bits per heavy atom. The van der Waals surface area contributed by atoms with Gasteiger partial charge < -0.3 is 10.6 Å². The highest BCUT2D eigenvalue weighted by molar-refractivity contribution is 5.61. The highest BCUT2D eigenvalue weighted by atomic mass is 19.1. The van der Waals surface area contributed by atoms with Gasteiger partial charge in [0, 0.05) is 12.2 Å². The van der Waals surface area contributed by atoms with Crippen molar-refractivity contribution in [3.8, 4) is 0 Å². The van der Waals surface area contributed by atoms with Crippen LogP contribution in [0.5, 0.6) is 0 Å². The molecule has 0 unspecified atom stereocenters. The van der Waals surface area contributed by atoms with Gasteiger partial charge in [-0.1, -0.05) is 13.0 Å². The number of benzene rings is 1. The minimum atomic E-state index is -0.587. The second kappa shape index (κ2) is 6.27. The lowest BCUT2D eigenvalue weighted by Crippen LogP contribution is -2.07. The van der Waals surface area contributed by atoms with Gasteiger partial charge in [0.05, 0.1) is 6.20 Å². The Morgan fingerprint density at radius 3 is 2.80 bits per heavy atom. The van der Waals surface area contributed by atoms with E-state index in [2.05, 4.69) is 20.6 Å². The van der Waals surface area contributed by atoms with Crippen molar-refractivity contribution in [2.45, 2.75) is 20.3 Å². The fourth-order valence-electron chi connectivity index (χ4n) is 1.63. The van der Waals surface area contributed by atoms with Crippen molar-refractivity contribution in [2.24, 2.45) is 0 Å². The van der Waals surface area contributed by atoms with Gasteiger partial charge in [0.1, 0.15) is 5.82 Å². The highest BCUT2D eigenvalue weighted by Gasteiger charge is 2.09. The van der Waals surface area contributed by atoms with Crippen LogP contribution < -0.4 is 10.6 Å². The third kappa shape index (κ3) is 3.40. The molecule has 0 atom stereocenters. The number of nitrogens with zero attached hydrogens (tertiary/aromatic N) is 2. The number of nitrogens with one attached hydrogen (secondary N) is 2. The lowest BCUT2D eigenvalue weighted by molar-refractivity contribution is 0.618. The van der Waals surface area contributed by atoms with Gasteiger partial charge in [0.25, 0.3) is 0 Å². The number of aromatic nitrogens is 2. The molecule has 106 valence electrons. The van der Waals surface area contributed by atoms with E-state index in [0.717, 1.165) is 18.2 Å². The van der Waals surface area contributed by atoms with Gasteiger partial charge in [-0.15, -0.1) is 0 Å². The molecule has 0 aliphatic carbocycles. The second-order valence-electron chi connectivity index (χ2n) is 4.40. The van der Waals surface area contributed by atoms with Gasteiger partial charge >= 0.3 is 0 Å². The molecule has 2 N–H and O–H groups in total. The third-order valence-electron chi connectivity index (χ3n) is 2.73. The summed E-state index contributed by atoms with van der Waals surface area (Å²) < 4.78 is 26.9. The molecule has 1 aromatic heterocycles. The average molecular weight is 278 g/mol. The quantitative estimate of drug-likeness (QED) is 0.877. The lowest BCUT2D eigenvalue weighted by atomic mass is 10.2. The maximum absolute atomic E-state index is 13.7. The first kappa shape index (κ1) is 14.2. The van der Waals surface area contributed by atoms with Crippen LogP contribution in [0.15, 0.2) is 24.4 Å². The second-order valence-corrected chi connectivity index (χ2v) is 4.40. The number of hydrogen-bond donors (Lipinski definition) is 2. The molecule has 0 spiro atoms. The van der Waals surface area contributed by atoms with Crippen LogP contribution in [-0.2, 0) is 0 Å². The zero-order valence-corrected chi connectivity index (χ0v) is 11.4. The molecular weight excluding hydrogens is 262 g/mol. The maximum Gasteiger partial charge on any atom is 0.224 e. The van der Waals surface area contributed by atoms with Crippen molar-refractivity contribution in [3.63, 3.8) is 0 Å². The third-order valence-corrected chi connectivity index (χ3v) is 2.73.